The average molecular weight is 140 g/mol. The number of hydrazine groups is 1. The summed E-state index contributed by atoms with van der Waals surface area (Å²) in [5, 5.41) is 0. The molecule has 1 aromatic heterocycles. The monoisotopic (exact) mass is 140 g/mol. The molecular formula is C6H12N4. The number of aryl methyl sites for hydroxylation is 2. The Bertz CT molecular complexity index is 194. The topological polar surface area (TPSA) is 55.9 Å². The number of nitrogens with two attached hydrogens (primary N) is 1. The highest BCUT2D eigenvalue weighted by molar-refractivity contribution is 5.26. The van der Waals surface area contributed by atoms with Crippen molar-refractivity contribution in [1.82, 2.24) is 9.55 Å². The molecule has 56 valence electrons. The van der Waals surface area contributed by atoms with E-state index in [1.165, 1.54) is 0 Å². The second kappa shape index (κ2) is 2.70. The molecule has 0 aliphatic heterocycles. The van der Waals surface area contributed by atoms with E-state index in [1.54, 1.807) is 0 Å². The molecule has 10 heavy (non-hydrogen) atoms. The van der Waals surface area contributed by atoms with Crippen molar-refractivity contribution in [3.05, 3.63) is 11.9 Å². The Morgan fingerprint density at radius 3 is 2.90 bits per heavy atom. The third-order valence-electron chi connectivity index (χ3n) is 1.37. The zero-order chi connectivity index (χ0) is 7.56. The molecule has 0 aliphatic carbocycles. The predicted octanol–water partition coefficient (Wildman–Crippen LogP) is 0.497. The molecule has 0 aromatic carbocycles. The van der Waals surface area contributed by atoms with Crippen LogP contribution in [0.5, 0.6) is 0 Å². The molecule has 4 heteroatoms. The van der Waals surface area contributed by atoms with Crippen LogP contribution >= 0.6 is 0 Å². The maximum atomic E-state index is 5.21. The van der Waals surface area contributed by atoms with Gasteiger partial charge in [0.2, 0.25) is 5.95 Å². The van der Waals surface area contributed by atoms with E-state index in [0.29, 0.717) is 0 Å². The van der Waals surface area contributed by atoms with E-state index in [0.717, 1.165) is 18.2 Å². The highest BCUT2D eigenvalue weighted by atomic mass is 15.3. The van der Waals surface area contributed by atoms with E-state index in [2.05, 4.69) is 10.4 Å². The Hall–Kier alpha value is -1.03. The molecular weight excluding hydrogens is 128 g/mol. The lowest BCUT2D eigenvalue weighted by atomic mass is 10.6. The van der Waals surface area contributed by atoms with Gasteiger partial charge in [-0.15, -0.1) is 0 Å². The summed E-state index contributed by atoms with van der Waals surface area (Å²) in [5.41, 5.74) is 3.50. The number of hydrogen-bond donors (Lipinski definition) is 2. The van der Waals surface area contributed by atoms with Crippen LogP contribution in [0.3, 0.4) is 0 Å². The molecule has 0 amide bonds. The predicted molar refractivity (Wildman–Crippen MR) is 40.4 cm³/mol. The van der Waals surface area contributed by atoms with Crippen LogP contribution < -0.4 is 11.3 Å². The first-order valence-electron chi connectivity index (χ1n) is 3.28. The largest absolute Gasteiger partial charge is 0.316 e. The Morgan fingerprint density at radius 1 is 1.80 bits per heavy atom. The quantitative estimate of drug-likeness (QED) is 0.464. The van der Waals surface area contributed by atoms with Crippen molar-refractivity contribution in [2.45, 2.75) is 20.4 Å². The second-order valence-corrected chi connectivity index (χ2v) is 2.14. The number of imidazole rings is 1. The molecule has 1 heterocycles. The minimum absolute atomic E-state index is 0.722. The number of aromatic nitrogens is 2. The summed E-state index contributed by atoms with van der Waals surface area (Å²) in [7, 11) is 0. The van der Waals surface area contributed by atoms with Gasteiger partial charge in [0, 0.05) is 12.7 Å². The first-order valence-corrected chi connectivity index (χ1v) is 3.28. The Balaban J connectivity index is 2.96. The van der Waals surface area contributed by atoms with Crippen LogP contribution in [0.25, 0.3) is 0 Å². The Kier molecular flexibility index (Phi) is 1.91. The number of anilines is 1. The van der Waals surface area contributed by atoms with Gasteiger partial charge >= 0.3 is 0 Å². The van der Waals surface area contributed by atoms with Gasteiger partial charge in [-0.3, -0.25) is 5.43 Å². The van der Waals surface area contributed by atoms with Crippen LogP contribution in [0.4, 0.5) is 5.95 Å². The molecule has 4 nitrogen and oxygen atoms in total. The molecule has 0 fully saturated rings. The van der Waals surface area contributed by atoms with Crippen molar-refractivity contribution in [3.8, 4) is 0 Å². The highest BCUT2D eigenvalue weighted by Gasteiger charge is 1.99. The SMILES string of the molecule is CCn1cc(C)nc1NN. The average Bonchev–Trinajstić information content (AvgIpc) is 2.30. The highest BCUT2D eigenvalue weighted by Crippen LogP contribution is 2.05. The van der Waals surface area contributed by atoms with Crippen molar-refractivity contribution in [3.63, 3.8) is 0 Å². The summed E-state index contributed by atoms with van der Waals surface area (Å²) < 4.78 is 1.95. The first kappa shape index (κ1) is 7.08. The molecule has 1 aromatic rings. The Morgan fingerprint density at radius 2 is 2.50 bits per heavy atom. The van der Waals surface area contributed by atoms with Gasteiger partial charge in [0.25, 0.3) is 0 Å². The van der Waals surface area contributed by atoms with Gasteiger partial charge < -0.3 is 4.57 Å². The van der Waals surface area contributed by atoms with Gasteiger partial charge in [0.05, 0.1) is 5.69 Å². The van der Waals surface area contributed by atoms with Gasteiger partial charge in [0.15, 0.2) is 0 Å². The summed E-state index contributed by atoms with van der Waals surface area (Å²) in [4.78, 5) is 4.13. The summed E-state index contributed by atoms with van der Waals surface area (Å²) >= 11 is 0. The third-order valence-corrected chi connectivity index (χ3v) is 1.37. The fourth-order valence-electron chi connectivity index (χ4n) is 0.903. The van der Waals surface area contributed by atoms with Crippen LogP contribution in [-0.2, 0) is 6.54 Å². The lowest BCUT2D eigenvalue weighted by Crippen LogP contribution is -2.12. The molecule has 0 saturated carbocycles. The Labute approximate surface area is 60.0 Å². The summed E-state index contributed by atoms with van der Waals surface area (Å²) in [5.74, 6) is 5.93. The zero-order valence-corrected chi connectivity index (χ0v) is 6.26. The van der Waals surface area contributed by atoms with Gasteiger partial charge in [-0.05, 0) is 13.8 Å². The summed E-state index contributed by atoms with van der Waals surface area (Å²) in [6.07, 6.45) is 1.95. The van der Waals surface area contributed by atoms with E-state index in [1.807, 2.05) is 24.6 Å². The maximum Gasteiger partial charge on any atom is 0.217 e. The van der Waals surface area contributed by atoms with Crippen LogP contribution in [0, 0.1) is 6.92 Å². The minimum Gasteiger partial charge on any atom is -0.316 e. The molecule has 0 aliphatic rings. The van der Waals surface area contributed by atoms with E-state index < -0.39 is 0 Å². The van der Waals surface area contributed by atoms with Gasteiger partial charge in [-0.25, -0.2) is 10.8 Å². The lowest BCUT2D eigenvalue weighted by Gasteiger charge is -2.00. The number of nitrogen functional groups attached to an aromatic ring is 1. The van der Waals surface area contributed by atoms with Gasteiger partial charge in [-0.2, -0.15) is 0 Å². The van der Waals surface area contributed by atoms with Gasteiger partial charge in [-0.1, -0.05) is 0 Å². The minimum atomic E-state index is 0.722. The normalized spacial score (nSPS) is 9.90. The first-order chi connectivity index (χ1) is 4.77. The van der Waals surface area contributed by atoms with Gasteiger partial charge in [0.1, 0.15) is 0 Å². The number of rotatable bonds is 2. The number of nitrogens with zero attached hydrogens (tertiary/aromatic N) is 2. The molecule has 3 N–H and O–H groups in total. The molecule has 1 rings (SSSR count). The van der Waals surface area contributed by atoms with Crippen molar-refractivity contribution in [1.29, 1.82) is 0 Å². The fourth-order valence-corrected chi connectivity index (χ4v) is 0.903. The molecule has 0 bridgehead atoms. The molecule has 0 saturated heterocycles. The molecule has 0 atom stereocenters. The lowest BCUT2D eigenvalue weighted by molar-refractivity contribution is 0.766. The van der Waals surface area contributed by atoms with Crippen LogP contribution in [0.15, 0.2) is 6.20 Å². The second-order valence-electron chi connectivity index (χ2n) is 2.14. The van der Waals surface area contributed by atoms with E-state index in [9.17, 15) is 0 Å². The molecule has 0 radical (unpaired) electrons. The standard InChI is InChI=1S/C6H12N4/c1-3-10-4-5(2)8-6(10)9-7/h4H,3,7H2,1-2H3,(H,8,9). The van der Waals surface area contributed by atoms with Crippen molar-refractivity contribution in [2.24, 2.45) is 5.84 Å². The molecule has 0 unspecified atom stereocenters. The smallest absolute Gasteiger partial charge is 0.217 e. The summed E-state index contributed by atoms with van der Waals surface area (Å²) in [6.45, 7) is 4.87. The van der Waals surface area contributed by atoms with E-state index in [-0.39, 0.29) is 0 Å². The fraction of sp³-hybridized carbons (Fsp3) is 0.500. The van der Waals surface area contributed by atoms with Crippen LogP contribution in [-0.4, -0.2) is 9.55 Å². The van der Waals surface area contributed by atoms with Crippen molar-refractivity contribution in [2.75, 3.05) is 5.43 Å². The van der Waals surface area contributed by atoms with E-state index in [4.69, 9.17) is 5.84 Å². The molecule has 0 spiro atoms. The van der Waals surface area contributed by atoms with Crippen LogP contribution in [0.1, 0.15) is 12.6 Å². The third kappa shape index (κ3) is 1.11. The maximum absolute atomic E-state index is 5.21. The van der Waals surface area contributed by atoms with Crippen molar-refractivity contribution >= 4 is 5.95 Å². The zero-order valence-electron chi connectivity index (χ0n) is 6.26. The van der Waals surface area contributed by atoms with E-state index >= 15 is 0 Å². The number of nitrogens with one attached hydrogen (secondary N) is 1. The summed E-state index contributed by atoms with van der Waals surface area (Å²) in [6, 6.07) is 0. The van der Waals surface area contributed by atoms with Crippen LogP contribution in [0.2, 0.25) is 0 Å². The number of hydrogen-bond acceptors (Lipinski definition) is 3. The van der Waals surface area contributed by atoms with Crippen molar-refractivity contribution < 1.29 is 0 Å².